The van der Waals surface area contributed by atoms with Crippen molar-refractivity contribution in [1.29, 1.82) is 0 Å². The molecule has 1 heterocycles. The molecule has 1 saturated heterocycles. The Bertz CT molecular complexity index is 341. The van der Waals surface area contributed by atoms with Gasteiger partial charge in [0.2, 0.25) is 0 Å². The van der Waals surface area contributed by atoms with E-state index in [2.05, 4.69) is 49.5 Å². The first kappa shape index (κ1) is 13.6. The number of rotatable bonds is 6. The first-order valence-corrected chi connectivity index (χ1v) is 7.06. The number of hydrogen-bond donors (Lipinski definition) is 1. The molecule has 0 amide bonds. The average molecular weight is 247 g/mol. The summed E-state index contributed by atoms with van der Waals surface area (Å²) in [4.78, 5) is 0. The van der Waals surface area contributed by atoms with Gasteiger partial charge in [-0.2, -0.15) is 0 Å². The van der Waals surface area contributed by atoms with Crippen molar-refractivity contribution < 1.29 is 4.74 Å². The zero-order valence-electron chi connectivity index (χ0n) is 11.6. The molecule has 0 aliphatic carbocycles. The maximum atomic E-state index is 5.61. The monoisotopic (exact) mass is 247 g/mol. The topological polar surface area (TPSA) is 21.3 Å². The molecule has 2 heteroatoms. The van der Waals surface area contributed by atoms with E-state index in [0.29, 0.717) is 6.10 Å². The molecule has 0 bridgehead atoms. The second-order valence-corrected chi connectivity index (χ2v) is 5.84. The quantitative estimate of drug-likeness (QED) is 0.780. The van der Waals surface area contributed by atoms with Crippen LogP contribution in [0.1, 0.15) is 38.7 Å². The molecule has 1 aromatic rings. The van der Waals surface area contributed by atoms with Crippen molar-refractivity contribution in [3.8, 4) is 0 Å². The summed E-state index contributed by atoms with van der Waals surface area (Å²) in [5, 5.41) is 3.53. The molecule has 1 fully saturated rings. The van der Waals surface area contributed by atoms with Gasteiger partial charge >= 0.3 is 0 Å². The SMILES string of the molecule is CC(C)(CCNCC1CCCO1)c1ccccc1. The molecular formula is C16H25NO. The predicted octanol–water partition coefficient (Wildman–Crippen LogP) is 3.12. The molecule has 1 aliphatic heterocycles. The maximum Gasteiger partial charge on any atom is 0.0700 e. The minimum atomic E-state index is 0.241. The highest BCUT2D eigenvalue weighted by molar-refractivity contribution is 5.23. The Balaban J connectivity index is 1.71. The van der Waals surface area contributed by atoms with Crippen LogP contribution in [0.25, 0.3) is 0 Å². The van der Waals surface area contributed by atoms with Crippen LogP contribution in [-0.2, 0) is 10.2 Å². The first-order valence-electron chi connectivity index (χ1n) is 7.06. The van der Waals surface area contributed by atoms with Gasteiger partial charge in [0.1, 0.15) is 0 Å². The third kappa shape index (κ3) is 3.82. The summed E-state index contributed by atoms with van der Waals surface area (Å²) < 4.78 is 5.61. The van der Waals surface area contributed by atoms with Crippen molar-refractivity contribution >= 4 is 0 Å². The van der Waals surface area contributed by atoms with E-state index < -0.39 is 0 Å². The molecule has 2 rings (SSSR count). The molecule has 100 valence electrons. The molecule has 18 heavy (non-hydrogen) atoms. The molecule has 0 saturated carbocycles. The molecule has 1 unspecified atom stereocenters. The fraction of sp³-hybridized carbons (Fsp3) is 0.625. The minimum Gasteiger partial charge on any atom is -0.377 e. The lowest BCUT2D eigenvalue weighted by Gasteiger charge is -2.25. The van der Waals surface area contributed by atoms with Gasteiger partial charge in [-0.15, -0.1) is 0 Å². The smallest absolute Gasteiger partial charge is 0.0700 e. The van der Waals surface area contributed by atoms with Crippen LogP contribution < -0.4 is 5.32 Å². The van der Waals surface area contributed by atoms with Crippen LogP contribution in [-0.4, -0.2) is 25.8 Å². The van der Waals surface area contributed by atoms with Gasteiger partial charge in [0.15, 0.2) is 0 Å². The highest BCUT2D eigenvalue weighted by atomic mass is 16.5. The van der Waals surface area contributed by atoms with Gasteiger partial charge in [-0.05, 0) is 36.8 Å². The standard InChI is InChI=1S/C16H25NO/c1-16(2,14-7-4-3-5-8-14)10-11-17-13-15-9-6-12-18-15/h3-5,7-8,15,17H,6,9-13H2,1-2H3. The first-order chi connectivity index (χ1) is 8.68. The summed E-state index contributed by atoms with van der Waals surface area (Å²) in [6, 6.07) is 10.8. The fourth-order valence-corrected chi connectivity index (χ4v) is 2.50. The summed E-state index contributed by atoms with van der Waals surface area (Å²) in [6.45, 7) is 7.64. The van der Waals surface area contributed by atoms with E-state index in [-0.39, 0.29) is 5.41 Å². The van der Waals surface area contributed by atoms with Crippen molar-refractivity contribution in [1.82, 2.24) is 5.32 Å². The summed E-state index contributed by atoms with van der Waals surface area (Å²) in [5.41, 5.74) is 1.66. The molecule has 0 aromatic heterocycles. The predicted molar refractivity (Wildman–Crippen MR) is 75.9 cm³/mol. The molecule has 1 aromatic carbocycles. The Morgan fingerprint density at radius 2 is 2.06 bits per heavy atom. The van der Waals surface area contributed by atoms with E-state index in [1.807, 2.05) is 0 Å². The van der Waals surface area contributed by atoms with Crippen molar-refractivity contribution in [3.05, 3.63) is 35.9 Å². The van der Waals surface area contributed by atoms with Gasteiger partial charge < -0.3 is 10.1 Å². The second kappa shape index (κ2) is 6.35. The molecule has 2 nitrogen and oxygen atoms in total. The summed E-state index contributed by atoms with van der Waals surface area (Å²) in [5.74, 6) is 0. The average Bonchev–Trinajstić information content (AvgIpc) is 2.89. The normalized spacial score (nSPS) is 20.2. The Morgan fingerprint density at radius 3 is 2.72 bits per heavy atom. The van der Waals surface area contributed by atoms with Crippen LogP contribution in [0.5, 0.6) is 0 Å². The Hall–Kier alpha value is -0.860. The van der Waals surface area contributed by atoms with Gasteiger partial charge in [-0.1, -0.05) is 44.2 Å². The van der Waals surface area contributed by atoms with E-state index in [0.717, 1.165) is 26.1 Å². The third-order valence-corrected chi connectivity index (χ3v) is 3.88. The van der Waals surface area contributed by atoms with Crippen molar-refractivity contribution in [2.45, 2.75) is 44.6 Å². The molecule has 1 N–H and O–H groups in total. The molecule has 1 atom stereocenters. The van der Waals surface area contributed by atoms with E-state index in [9.17, 15) is 0 Å². The Morgan fingerprint density at radius 1 is 1.28 bits per heavy atom. The van der Waals surface area contributed by atoms with Crippen LogP contribution in [0.2, 0.25) is 0 Å². The van der Waals surface area contributed by atoms with Gasteiger partial charge in [0.25, 0.3) is 0 Å². The number of ether oxygens (including phenoxy) is 1. The summed E-state index contributed by atoms with van der Waals surface area (Å²) in [7, 11) is 0. The van der Waals surface area contributed by atoms with Crippen LogP contribution >= 0.6 is 0 Å². The van der Waals surface area contributed by atoms with Gasteiger partial charge in [-0.3, -0.25) is 0 Å². The lowest BCUT2D eigenvalue weighted by Crippen LogP contribution is -2.30. The zero-order valence-corrected chi connectivity index (χ0v) is 11.6. The van der Waals surface area contributed by atoms with E-state index >= 15 is 0 Å². The molecule has 1 aliphatic rings. The molecule has 0 spiro atoms. The van der Waals surface area contributed by atoms with Crippen molar-refractivity contribution in [2.75, 3.05) is 19.7 Å². The third-order valence-electron chi connectivity index (χ3n) is 3.88. The summed E-state index contributed by atoms with van der Waals surface area (Å²) in [6.07, 6.45) is 4.05. The van der Waals surface area contributed by atoms with Gasteiger partial charge in [0.05, 0.1) is 6.10 Å². The zero-order chi connectivity index (χ0) is 12.8. The van der Waals surface area contributed by atoms with Crippen LogP contribution in [0.4, 0.5) is 0 Å². The van der Waals surface area contributed by atoms with Crippen molar-refractivity contribution in [3.63, 3.8) is 0 Å². The molecular weight excluding hydrogens is 222 g/mol. The van der Waals surface area contributed by atoms with Crippen LogP contribution in [0, 0.1) is 0 Å². The molecule has 0 radical (unpaired) electrons. The minimum absolute atomic E-state index is 0.241. The fourth-order valence-electron chi connectivity index (χ4n) is 2.50. The summed E-state index contributed by atoms with van der Waals surface area (Å²) >= 11 is 0. The maximum absolute atomic E-state index is 5.61. The van der Waals surface area contributed by atoms with E-state index in [4.69, 9.17) is 4.74 Å². The number of hydrogen-bond acceptors (Lipinski definition) is 2. The van der Waals surface area contributed by atoms with E-state index in [1.165, 1.54) is 18.4 Å². The number of benzene rings is 1. The number of nitrogens with one attached hydrogen (secondary N) is 1. The highest BCUT2D eigenvalue weighted by Crippen LogP contribution is 2.26. The van der Waals surface area contributed by atoms with Crippen LogP contribution in [0.15, 0.2) is 30.3 Å². The highest BCUT2D eigenvalue weighted by Gasteiger charge is 2.20. The second-order valence-electron chi connectivity index (χ2n) is 5.84. The lowest BCUT2D eigenvalue weighted by molar-refractivity contribution is 0.110. The lowest BCUT2D eigenvalue weighted by atomic mass is 9.81. The van der Waals surface area contributed by atoms with Gasteiger partial charge in [-0.25, -0.2) is 0 Å². The van der Waals surface area contributed by atoms with Crippen molar-refractivity contribution in [2.24, 2.45) is 0 Å². The van der Waals surface area contributed by atoms with Gasteiger partial charge in [0, 0.05) is 13.2 Å². The van der Waals surface area contributed by atoms with E-state index in [1.54, 1.807) is 0 Å². The van der Waals surface area contributed by atoms with Crippen LogP contribution in [0.3, 0.4) is 0 Å². The largest absolute Gasteiger partial charge is 0.377 e. The Kier molecular flexibility index (Phi) is 4.79. The Labute approximate surface area is 111 Å².